The molecule has 0 atom stereocenters. The number of pyridine rings is 1. The number of nitrogens with zero attached hydrogens (tertiary/aromatic N) is 3. The third-order valence-corrected chi connectivity index (χ3v) is 3.78. The van der Waals surface area contributed by atoms with Crippen LogP contribution in [0, 0.1) is 0 Å². The summed E-state index contributed by atoms with van der Waals surface area (Å²) in [6, 6.07) is 8.63. The number of amides is 2. The minimum atomic E-state index is -0.332. The van der Waals surface area contributed by atoms with Crippen LogP contribution in [0.2, 0.25) is 0 Å². The number of rotatable bonds is 7. The minimum absolute atomic E-state index is 0.321. The van der Waals surface area contributed by atoms with Crippen molar-refractivity contribution in [1.29, 1.82) is 0 Å². The molecule has 3 rings (SSSR count). The summed E-state index contributed by atoms with van der Waals surface area (Å²) >= 11 is 0. The summed E-state index contributed by atoms with van der Waals surface area (Å²) < 4.78 is 12.6. The average molecular weight is 367 g/mol. The van der Waals surface area contributed by atoms with E-state index >= 15 is 0 Å². The number of imidazole rings is 1. The van der Waals surface area contributed by atoms with Crippen LogP contribution in [0.15, 0.2) is 55.2 Å². The van der Waals surface area contributed by atoms with Gasteiger partial charge in [-0.3, -0.25) is 4.57 Å². The second kappa shape index (κ2) is 8.70. The van der Waals surface area contributed by atoms with Gasteiger partial charge >= 0.3 is 6.03 Å². The Morgan fingerprint density at radius 2 is 2.11 bits per heavy atom. The molecule has 2 aromatic heterocycles. The smallest absolute Gasteiger partial charge is 0.319 e. The molecule has 2 heterocycles. The third-order valence-electron chi connectivity index (χ3n) is 3.78. The maximum Gasteiger partial charge on any atom is 0.319 e. The zero-order chi connectivity index (χ0) is 19.1. The molecule has 2 amide bonds. The molecule has 0 saturated carbocycles. The molecule has 8 heteroatoms. The number of benzene rings is 1. The van der Waals surface area contributed by atoms with Gasteiger partial charge in [0.1, 0.15) is 12.1 Å². The van der Waals surface area contributed by atoms with E-state index in [0.29, 0.717) is 30.3 Å². The fourth-order valence-corrected chi connectivity index (χ4v) is 2.56. The van der Waals surface area contributed by atoms with E-state index in [0.717, 1.165) is 11.4 Å². The molecule has 0 aliphatic carbocycles. The Hall–Kier alpha value is -3.55. The second-order valence-electron chi connectivity index (χ2n) is 5.56. The summed E-state index contributed by atoms with van der Waals surface area (Å²) in [6.45, 7) is 2.75. The topological polar surface area (TPSA) is 90.3 Å². The molecular weight excluding hydrogens is 346 g/mol. The predicted octanol–water partition coefficient (Wildman–Crippen LogP) is 3.00. The number of methoxy groups -OCH3 is 1. The van der Waals surface area contributed by atoms with Crippen molar-refractivity contribution < 1.29 is 14.3 Å². The standard InChI is InChI=1S/C19H21N5O3/c1-3-27-16-7-6-15(11-17(16)26-2)23-19(25)22-12-14-5-4-8-21-18(14)24-10-9-20-13-24/h4-11,13H,3,12H2,1-2H3,(H2,22,23,25). The van der Waals surface area contributed by atoms with E-state index in [1.807, 2.05) is 19.1 Å². The third kappa shape index (κ3) is 4.55. The monoisotopic (exact) mass is 367 g/mol. The second-order valence-corrected chi connectivity index (χ2v) is 5.56. The van der Waals surface area contributed by atoms with Gasteiger partial charge in [-0.1, -0.05) is 6.07 Å². The van der Waals surface area contributed by atoms with E-state index in [4.69, 9.17) is 9.47 Å². The molecule has 27 heavy (non-hydrogen) atoms. The number of carbonyl (C=O) groups excluding carboxylic acids is 1. The van der Waals surface area contributed by atoms with E-state index < -0.39 is 0 Å². The number of carbonyl (C=O) groups is 1. The molecule has 3 aromatic rings. The lowest BCUT2D eigenvalue weighted by Gasteiger charge is -2.13. The van der Waals surface area contributed by atoms with Crippen molar-refractivity contribution in [3.05, 3.63) is 60.8 Å². The van der Waals surface area contributed by atoms with E-state index in [-0.39, 0.29) is 6.03 Å². The van der Waals surface area contributed by atoms with Crippen LogP contribution in [0.5, 0.6) is 11.5 Å². The Labute approximate surface area is 157 Å². The lowest BCUT2D eigenvalue weighted by Crippen LogP contribution is -2.28. The zero-order valence-corrected chi connectivity index (χ0v) is 15.2. The molecule has 1 aromatic carbocycles. The molecule has 0 aliphatic rings. The number of anilines is 1. The summed E-state index contributed by atoms with van der Waals surface area (Å²) in [4.78, 5) is 20.6. The van der Waals surface area contributed by atoms with Crippen LogP contribution in [-0.2, 0) is 6.54 Å². The first-order valence-electron chi connectivity index (χ1n) is 8.49. The molecule has 140 valence electrons. The van der Waals surface area contributed by atoms with Crippen molar-refractivity contribution in [1.82, 2.24) is 19.9 Å². The van der Waals surface area contributed by atoms with Crippen molar-refractivity contribution in [2.75, 3.05) is 19.0 Å². The number of hydrogen-bond acceptors (Lipinski definition) is 5. The lowest BCUT2D eigenvalue weighted by atomic mass is 10.2. The highest BCUT2D eigenvalue weighted by atomic mass is 16.5. The van der Waals surface area contributed by atoms with Crippen LogP contribution < -0.4 is 20.1 Å². The van der Waals surface area contributed by atoms with E-state index in [9.17, 15) is 4.79 Å². The first kappa shape index (κ1) is 18.2. The molecular formula is C19H21N5O3. The highest BCUT2D eigenvalue weighted by Crippen LogP contribution is 2.30. The van der Waals surface area contributed by atoms with Gasteiger partial charge in [0.25, 0.3) is 0 Å². The normalized spacial score (nSPS) is 10.3. The van der Waals surface area contributed by atoms with Crippen molar-refractivity contribution in [3.8, 4) is 17.3 Å². The van der Waals surface area contributed by atoms with Gasteiger partial charge in [-0.25, -0.2) is 14.8 Å². The van der Waals surface area contributed by atoms with Gasteiger partial charge in [-0.05, 0) is 25.1 Å². The van der Waals surface area contributed by atoms with Gasteiger partial charge in [-0.15, -0.1) is 0 Å². The van der Waals surface area contributed by atoms with Crippen LogP contribution in [0.4, 0.5) is 10.5 Å². The Bertz CT molecular complexity index is 896. The quantitative estimate of drug-likeness (QED) is 0.670. The molecule has 0 saturated heterocycles. The summed E-state index contributed by atoms with van der Waals surface area (Å²) in [5.41, 5.74) is 1.48. The summed E-state index contributed by atoms with van der Waals surface area (Å²) in [5.74, 6) is 1.91. The Balaban J connectivity index is 1.64. The number of ether oxygens (including phenoxy) is 2. The summed E-state index contributed by atoms with van der Waals surface area (Å²) in [6.07, 6.45) is 6.85. The maximum absolute atomic E-state index is 12.3. The van der Waals surface area contributed by atoms with Crippen LogP contribution in [0.1, 0.15) is 12.5 Å². The van der Waals surface area contributed by atoms with Gasteiger partial charge < -0.3 is 20.1 Å². The Morgan fingerprint density at radius 1 is 1.22 bits per heavy atom. The fourth-order valence-electron chi connectivity index (χ4n) is 2.56. The van der Waals surface area contributed by atoms with Crippen molar-refractivity contribution >= 4 is 11.7 Å². The Morgan fingerprint density at radius 3 is 2.85 bits per heavy atom. The summed E-state index contributed by atoms with van der Waals surface area (Å²) in [5, 5.41) is 5.62. The highest BCUT2D eigenvalue weighted by Gasteiger charge is 2.10. The van der Waals surface area contributed by atoms with Crippen molar-refractivity contribution in [2.24, 2.45) is 0 Å². The molecule has 0 spiro atoms. The molecule has 8 nitrogen and oxygen atoms in total. The number of aromatic nitrogens is 3. The highest BCUT2D eigenvalue weighted by molar-refractivity contribution is 5.89. The summed E-state index contributed by atoms with van der Waals surface area (Å²) in [7, 11) is 1.56. The number of nitrogens with one attached hydrogen (secondary N) is 2. The van der Waals surface area contributed by atoms with E-state index in [2.05, 4.69) is 20.6 Å². The first-order chi connectivity index (χ1) is 13.2. The van der Waals surface area contributed by atoms with E-state index in [1.165, 1.54) is 0 Å². The van der Waals surface area contributed by atoms with Crippen LogP contribution in [0.25, 0.3) is 5.82 Å². The average Bonchev–Trinajstić information content (AvgIpc) is 3.22. The van der Waals surface area contributed by atoms with Gasteiger partial charge in [0.15, 0.2) is 11.5 Å². The van der Waals surface area contributed by atoms with Gasteiger partial charge in [0.2, 0.25) is 0 Å². The lowest BCUT2D eigenvalue weighted by molar-refractivity contribution is 0.251. The zero-order valence-electron chi connectivity index (χ0n) is 15.2. The van der Waals surface area contributed by atoms with Crippen molar-refractivity contribution in [2.45, 2.75) is 13.5 Å². The molecule has 0 radical (unpaired) electrons. The van der Waals surface area contributed by atoms with Crippen LogP contribution in [0.3, 0.4) is 0 Å². The molecule has 0 aliphatic heterocycles. The minimum Gasteiger partial charge on any atom is -0.493 e. The molecule has 0 bridgehead atoms. The largest absolute Gasteiger partial charge is 0.493 e. The number of urea groups is 1. The molecule has 0 unspecified atom stereocenters. The molecule has 0 fully saturated rings. The fraction of sp³-hybridized carbons (Fsp3) is 0.211. The van der Waals surface area contributed by atoms with E-state index in [1.54, 1.807) is 54.8 Å². The van der Waals surface area contributed by atoms with Gasteiger partial charge in [-0.2, -0.15) is 0 Å². The van der Waals surface area contributed by atoms with Crippen molar-refractivity contribution in [3.63, 3.8) is 0 Å². The predicted molar refractivity (Wildman–Crippen MR) is 101 cm³/mol. The maximum atomic E-state index is 12.3. The number of hydrogen-bond donors (Lipinski definition) is 2. The Kier molecular flexibility index (Phi) is 5.88. The van der Waals surface area contributed by atoms with Gasteiger partial charge in [0, 0.05) is 42.5 Å². The molecule has 2 N–H and O–H groups in total. The SMILES string of the molecule is CCOc1ccc(NC(=O)NCc2cccnc2-n2ccnc2)cc1OC. The van der Waals surface area contributed by atoms with Gasteiger partial charge in [0.05, 0.1) is 13.7 Å². The first-order valence-corrected chi connectivity index (χ1v) is 8.49. The van der Waals surface area contributed by atoms with Crippen LogP contribution in [-0.4, -0.2) is 34.3 Å². The van der Waals surface area contributed by atoms with Crippen LogP contribution >= 0.6 is 0 Å².